The summed E-state index contributed by atoms with van der Waals surface area (Å²) in [5.41, 5.74) is 5.85. The molecule has 2 N–H and O–H groups in total. The number of piperazine rings is 1. The number of sulfonamides is 1. The van der Waals surface area contributed by atoms with Crippen molar-refractivity contribution < 1.29 is 12.8 Å². The molecule has 0 aromatic heterocycles. The Morgan fingerprint density at radius 1 is 1.43 bits per heavy atom. The maximum atomic E-state index is 14.2. The highest BCUT2D eigenvalue weighted by molar-refractivity contribution is 9.10. The maximum absolute atomic E-state index is 14.2. The molecule has 1 aliphatic heterocycles. The summed E-state index contributed by atoms with van der Waals surface area (Å²) in [5.74, 6) is -0.797. The molecule has 1 fully saturated rings. The molecule has 8 heteroatoms. The van der Waals surface area contributed by atoms with Crippen molar-refractivity contribution in [1.82, 2.24) is 9.21 Å². The molecule has 1 unspecified atom stereocenters. The van der Waals surface area contributed by atoms with Gasteiger partial charge in [-0.2, -0.15) is 4.31 Å². The number of anilines is 1. The molecule has 0 spiro atoms. The SMILES string of the molecule is CCN1CCN(S(=O)(=O)c2cc(N)cc(Br)c2F)CC1C. The molecule has 1 aromatic rings. The monoisotopic (exact) mass is 379 g/mol. The second-order valence-electron chi connectivity index (χ2n) is 5.16. The zero-order valence-electron chi connectivity index (χ0n) is 12.0. The Morgan fingerprint density at radius 2 is 2.10 bits per heavy atom. The topological polar surface area (TPSA) is 66.6 Å². The second-order valence-corrected chi connectivity index (χ2v) is 7.92. The molecule has 0 aliphatic carbocycles. The second kappa shape index (κ2) is 6.20. The van der Waals surface area contributed by atoms with E-state index in [0.717, 1.165) is 6.54 Å². The summed E-state index contributed by atoms with van der Waals surface area (Å²) in [6.45, 7) is 6.22. The van der Waals surface area contributed by atoms with Gasteiger partial charge in [-0.25, -0.2) is 12.8 Å². The predicted molar refractivity (Wildman–Crippen MR) is 84.0 cm³/mol. The van der Waals surface area contributed by atoms with E-state index in [9.17, 15) is 12.8 Å². The van der Waals surface area contributed by atoms with Gasteiger partial charge in [0, 0.05) is 31.4 Å². The van der Waals surface area contributed by atoms with Crippen molar-refractivity contribution in [2.24, 2.45) is 0 Å². The largest absolute Gasteiger partial charge is 0.399 e. The highest BCUT2D eigenvalue weighted by Gasteiger charge is 2.34. The summed E-state index contributed by atoms with van der Waals surface area (Å²) in [7, 11) is -3.88. The average Bonchev–Trinajstić information content (AvgIpc) is 2.42. The molecule has 1 aromatic carbocycles. The standard InChI is InChI=1S/C13H19BrFN3O2S/c1-3-17-4-5-18(8-9(17)2)21(19,20)12-7-10(16)6-11(14)13(12)15/h6-7,9H,3-5,8,16H2,1-2H3. The molecule has 0 radical (unpaired) electrons. The van der Waals surface area contributed by atoms with Crippen LogP contribution >= 0.6 is 15.9 Å². The van der Waals surface area contributed by atoms with E-state index in [-0.39, 0.29) is 21.1 Å². The average molecular weight is 380 g/mol. The van der Waals surface area contributed by atoms with Crippen LogP contribution in [0.15, 0.2) is 21.5 Å². The van der Waals surface area contributed by atoms with Gasteiger partial charge in [0.05, 0.1) is 4.47 Å². The van der Waals surface area contributed by atoms with E-state index >= 15 is 0 Å². The Hall–Kier alpha value is -0.700. The number of likely N-dealkylation sites (N-methyl/N-ethyl adjacent to an activating group) is 1. The Bertz CT molecular complexity index is 639. The quantitative estimate of drug-likeness (QED) is 0.814. The van der Waals surface area contributed by atoms with Gasteiger partial charge in [-0.15, -0.1) is 0 Å². The van der Waals surface area contributed by atoms with Crippen molar-refractivity contribution in [3.63, 3.8) is 0 Å². The van der Waals surface area contributed by atoms with Crippen molar-refractivity contribution >= 4 is 31.6 Å². The van der Waals surface area contributed by atoms with Crippen LogP contribution in [0.2, 0.25) is 0 Å². The van der Waals surface area contributed by atoms with Crippen LogP contribution in [0.3, 0.4) is 0 Å². The van der Waals surface area contributed by atoms with Crippen molar-refractivity contribution in [2.75, 3.05) is 31.9 Å². The molecule has 1 heterocycles. The van der Waals surface area contributed by atoms with Gasteiger partial charge in [0.1, 0.15) is 4.90 Å². The molecule has 1 saturated heterocycles. The number of nitrogens with two attached hydrogens (primary N) is 1. The number of nitrogen functional groups attached to an aromatic ring is 1. The lowest BCUT2D eigenvalue weighted by Gasteiger charge is -2.38. The minimum Gasteiger partial charge on any atom is -0.399 e. The number of nitrogens with zero attached hydrogens (tertiary/aromatic N) is 2. The molecule has 1 aliphatic rings. The van der Waals surface area contributed by atoms with Gasteiger partial charge in [0.25, 0.3) is 0 Å². The number of hydrogen-bond donors (Lipinski definition) is 1. The molecule has 0 saturated carbocycles. The first kappa shape index (κ1) is 16.7. The Labute approximate surface area is 133 Å². The Kier molecular flexibility index (Phi) is 4.92. The van der Waals surface area contributed by atoms with Crippen LogP contribution in [0, 0.1) is 5.82 Å². The van der Waals surface area contributed by atoms with Crippen LogP contribution in [0.1, 0.15) is 13.8 Å². The molecule has 118 valence electrons. The van der Waals surface area contributed by atoms with E-state index in [0.29, 0.717) is 19.6 Å². The summed E-state index contributed by atoms with van der Waals surface area (Å²) in [4.78, 5) is 1.82. The van der Waals surface area contributed by atoms with E-state index in [1.165, 1.54) is 16.4 Å². The summed E-state index contributed by atoms with van der Waals surface area (Å²) >= 11 is 3.00. The number of hydrogen-bond acceptors (Lipinski definition) is 4. The minimum atomic E-state index is -3.88. The molecule has 1 atom stereocenters. The fourth-order valence-electron chi connectivity index (χ4n) is 2.56. The van der Waals surface area contributed by atoms with E-state index in [1.807, 2.05) is 13.8 Å². The lowest BCUT2D eigenvalue weighted by Crippen LogP contribution is -2.53. The van der Waals surface area contributed by atoms with Crippen molar-refractivity contribution in [3.05, 3.63) is 22.4 Å². The van der Waals surface area contributed by atoms with Gasteiger partial charge in [-0.05, 0) is 41.5 Å². The Balaban J connectivity index is 2.36. The van der Waals surface area contributed by atoms with E-state index < -0.39 is 15.8 Å². The van der Waals surface area contributed by atoms with Gasteiger partial charge in [-0.3, -0.25) is 4.90 Å². The first-order chi connectivity index (χ1) is 9.77. The van der Waals surface area contributed by atoms with Crippen molar-refractivity contribution in [2.45, 2.75) is 24.8 Å². The fraction of sp³-hybridized carbons (Fsp3) is 0.538. The first-order valence-electron chi connectivity index (χ1n) is 6.76. The first-order valence-corrected chi connectivity index (χ1v) is 8.99. The van der Waals surface area contributed by atoms with Gasteiger partial charge in [0.2, 0.25) is 10.0 Å². The molecule has 0 bridgehead atoms. The van der Waals surface area contributed by atoms with Crippen LogP contribution in [0.5, 0.6) is 0 Å². The van der Waals surface area contributed by atoms with Gasteiger partial charge >= 0.3 is 0 Å². The molecule has 5 nitrogen and oxygen atoms in total. The molecule has 0 amide bonds. The number of halogens is 2. The van der Waals surface area contributed by atoms with E-state index in [4.69, 9.17) is 5.73 Å². The van der Waals surface area contributed by atoms with Gasteiger partial charge < -0.3 is 5.73 Å². The third kappa shape index (κ3) is 3.23. The fourth-order valence-corrected chi connectivity index (χ4v) is 4.80. The normalized spacial score (nSPS) is 21.6. The van der Waals surface area contributed by atoms with Crippen LogP contribution < -0.4 is 5.73 Å². The summed E-state index contributed by atoms with van der Waals surface area (Å²) in [6, 6.07) is 2.63. The van der Waals surface area contributed by atoms with E-state index in [1.54, 1.807) is 0 Å². The smallest absolute Gasteiger partial charge is 0.246 e. The minimum absolute atomic E-state index is 0.0568. The summed E-state index contributed by atoms with van der Waals surface area (Å²) in [6.07, 6.45) is 0. The highest BCUT2D eigenvalue weighted by Crippen LogP contribution is 2.29. The molecular formula is C13H19BrFN3O2S. The van der Waals surface area contributed by atoms with Crippen molar-refractivity contribution in [1.29, 1.82) is 0 Å². The van der Waals surface area contributed by atoms with Crippen LogP contribution in [0.4, 0.5) is 10.1 Å². The maximum Gasteiger partial charge on any atom is 0.246 e. The highest BCUT2D eigenvalue weighted by atomic mass is 79.9. The van der Waals surface area contributed by atoms with Crippen LogP contribution in [-0.2, 0) is 10.0 Å². The summed E-state index contributed by atoms with van der Waals surface area (Å²) in [5, 5.41) is 0. The van der Waals surface area contributed by atoms with Crippen LogP contribution in [0.25, 0.3) is 0 Å². The van der Waals surface area contributed by atoms with Crippen molar-refractivity contribution in [3.8, 4) is 0 Å². The lowest BCUT2D eigenvalue weighted by atomic mass is 10.2. The lowest BCUT2D eigenvalue weighted by molar-refractivity contribution is 0.135. The zero-order valence-corrected chi connectivity index (χ0v) is 14.4. The van der Waals surface area contributed by atoms with E-state index in [2.05, 4.69) is 20.8 Å². The molecule has 21 heavy (non-hydrogen) atoms. The predicted octanol–water partition coefficient (Wildman–Crippen LogP) is 1.89. The number of benzene rings is 1. The zero-order chi connectivity index (χ0) is 15.8. The van der Waals surface area contributed by atoms with Gasteiger partial charge in [0.15, 0.2) is 5.82 Å². The van der Waals surface area contributed by atoms with Crippen LogP contribution in [-0.4, -0.2) is 49.8 Å². The molecule has 2 rings (SSSR count). The summed E-state index contributed by atoms with van der Waals surface area (Å²) < 4.78 is 40.8. The van der Waals surface area contributed by atoms with Gasteiger partial charge in [-0.1, -0.05) is 6.92 Å². The Morgan fingerprint density at radius 3 is 2.67 bits per heavy atom. The molecular weight excluding hydrogens is 361 g/mol. The third-order valence-electron chi connectivity index (χ3n) is 3.77. The number of rotatable bonds is 3. The third-order valence-corrected chi connectivity index (χ3v) is 6.21.